The third-order valence-corrected chi connectivity index (χ3v) is 4.91. The molecule has 1 aromatic rings. The first-order chi connectivity index (χ1) is 12.0. The molecule has 0 aromatic heterocycles. The summed E-state index contributed by atoms with van der Waals surface area (Å²) in [6, 6.07) is 3.42. The van der Waals surface area contributed by atoms with Crippen LogP contribution < -0.4 is 21.3 Å². The van der Waals surface area contributed by atoms with E-state index in [1.807, 2.05) is 0 Å². The number of carbonyl (C=O) groups is 2. The highest BCUT2D eigenvalue weighted by atomic mass is 79.9. The summed E-state index contributed by atoms with van der Waals surface area (Å²) < 4.78 is 1.27. The van der Waals surface area contributed by atoms with Crippen molar-refractivity contribution in [2.45, 2.75) is 6.42 Å². The van der Waals surface area contributed by atoms with E-state index in [4.69, 9.17) is 0 Å². The van der Waals surface area contributed by atoms with Crippen LogP contribution in [-0.2, 0) is 16.0 Å². The van der Waals surface area contributed by atoms with Crippen molar-refractivity contribution >= 4 is 43.7 Å². The average Bonchev–Trinajstić information content (AvgIpc) is 2.58. The molecule has 0 bridgehead atoms. The zero-order chi connectivity index (χ0) is 18.2. The Kier molecular flexibility index (Phi) is 8.14. The van der Waals surface area contributed by atoms with Crippen LogP contribution >= 0.6 is 31.9 Å². The van der Waals surface area contributed by atoms with E-state index in [-0.39, 0.29) is 24.0 Å². The standard InChI is InChI=1S/C16H22Br2N4O3/c17-11-7-10(14(23)13(18)9-11)8-12-15(24)21-5-3-19-1-2-20-4-6-22-16(12)25/h7,9,12,19-20,23H,1-6,8H2,(H,21,24)(H,22,25). The molecular weight excluding hydrogens is 456 g/mol. The summed E-state index contributed by atoms with van der Waals surface area (Å²) in [7, 11) is 0. The SMILES string of the molecule is O=C1NCCNCCNCCNC(=O)C1Cc1cc(Br)cc(Br)c1O. The van der Waals surface area contributed by atoms with Crippen LogP contribution in [0.5, 0.6) is 5.75 Å². The molecule has 5 N–H and O–H groups in total. The molecular formula is C16H22Br2N4O3. The molecule has 0 spiro atoms. The number of nitrogens with one attached hydrogen (secondary N) is 4. The van der Waals surface area contributed by atoms with Crippen molar-refractivity contribution in [3.63, 3.8) is 0 Å². The van der Waals surface area contributed by atoms with Gasteiger partial charge in [0, 0.05) is 43.7 Å². The molecule has 0 radical (unpaired) electrons. The van der Waals surface area contributed by atoms with Crippen molar-refractivity contribution in [2.24, 2.45) is 5.92 Å². The van der Waals surface area contributed by atoms with E-state index in [2.05, 4.69) is 53.1 Å². The number of aromatic hydroxyl groups is 1. The lowest BCUT2D eigenvalue weighted by atomic mass is 9.96. The molecule has 2 rings (SSSR count). The summed E-state index contributed by atoms with van der Waals surface area (Å²) in [5, 5.41) is 22.2. The van der Waals surface area contributed by atoms with Crippen LogP contribution in [0.25, 0.3) is 0 Å². The number of rotatable bonds is 2. The molecule has 25 heavy (non-hydrogen) atoms. The Hall–Kier alpha value is -1.16. The number of phenols is 1. The van der Waals surface area contributed by atoms with Crippen molar-refractivity contribution in [3.05, 3.63) is 26.6 Å². The van der Waals surface area contributed by atoms with E-state index >= 15 is 0 Å². The highest BCUT2D eigenvalue weighted by molar-refractivity contribution is 9.11. The smallest absolute Gasteiger partial charge is 0.232 e. The zero-order valence-electron chi connectivity index (χ0n) is 13.7. The predicted molar refractivity (Wildman–Crippen MR) is 102 cm³/mol. The van der Waals surface area contributed by atoms with Crippen LogP contribution in [0, 0.1) is 5.92 Å². The van der Waals surface area contributed by atoms with Gasteiger partial charge < -0.3 is 26.4 Å². The van der Waals surface area contributed by atoms with Gasteiger partial charge in [-0.25, -0.2) is 0 Å². The number of phenolic OH excluding ortho intramolecular Hbond substituents is 1. The van der Waals surface area contributed by atoms with Gasteiger partial charge >= 0.3 is 0 Å². The quantitative estimate of drug-likeness (QED) is 0.399. The fourth-order valence-corrected chi connectivity index (χ4v) is 3.83. The minimum absolute atomic E-state index is 0.0371. The zero-order valence-corrected chi connectivity index (χ0v) is 16.9. The maximum atomic E-state index is 12.5. The number of hydrogen-bond acceptors (Lipinski definition) is 5. The van der Waals surface area contributed by atoms with Crippen LogP contribution in [-0.4, -0.2) is 56.2 Å². The fraction of sp³-hybridized carbons (Fsp3) is 0.500. The molecule has 1 aliphatic heterocycles. The number of hydrogen-bond donors (Lipinski definition) is 5. The maximum Gasteiger partial charge on any atom is 0.232 e. The monoisotopic (exact) mass is 476 g/mol. The lowest BCUT2D eigenvalue weighted by Crippen LogP contribution is -2.44. The minimum Gasteiger partial charge on any atom is -0.506 e. The number of benzene rings is 1. The molecule has 1 aliphatic rings. The second-order valence-electron chi connectivity index (χ2n) is 5.73. The van der Waals surface area contributed by atoms with Crippen LogP contribution in [0.1, 0.15) is 5.56 Å². The molecule has 9 heteroatoms. The third-order valence-electron chi connectivity index (χ3n) is 3.84. The van der Waals surface area contributed by atoms with Crippen molar-refractivity contribution in [1.29, 1.82) is 0 Å². The highest BCUT2D eigenvalue weighted by Gasteiger charge is 2.28. The maximum absolute atomic E-state index is 12.5. The molecule has 1 fully saturated rings. The van der Waals surface area contributed by atoms with Gasteiger partial charge in [0.05, 0.1) is 4.47 Å². The largest absolute Gasteiger partial charge is 0.506 e. The van der Waals surface area contributed by atoms with Gasteiger partial charge in [0.25, 0.3) is 0 Å². The second-order valence-corrected chi connectivity index (χ2v) is 7.50. The summed E-state index contributed by atoms with van der Waals surface area (Å²) in [5.74, 6) is -1.56. The summed E-state index contributed by atoms with van der Waals surface area (Å²) >= 11 is 6.63. The number of halogens is 2. The first-order valence-electron chi connectivity index (χ1n) is 8.12. The summed E-state index contributed by atoms with van der Waals surface area (Å²) in [6.45, 7) is 3.75. The highest BCUT2D eigenvalue weighted by Crippen LogP contribution is 2.33. The van der Waals surface area contributed by atoms with E-state index in [0.717, 1.165) is 17.6 Å². The van der Waals surface area contributed by atoms with Crippen LogP contribution in [0.4, 0.5) is 0 Å². The van der Waals surface area contributed by atoms with Crippen molar-refractivity contribution in [3.8, 4) is 5.75 Å². The van der Waals surface area contributed by atoms with Gasteiger partial charge in [0.2, 0.25) is 11.8 Å². The fourth-order valence-electron chi connectivity index (χ4n) is 2.52. The molecule has 1 heterocycles. The Balaban J connectivity index is 2.16. The van der Waals surface area contributed by atoms with E-state index in [0.29, 0.717) is 36.2 Å². The molecule has 0 saturated carbocycles. The predicted octanol–water partition coefficient (Wildman–Crippen LogP) is 0.501. The van der Waals surface area contributed by atoms with Gasteiger partial charge in [0.15, 0.2) is 0 Å². The van der Waals surface area contributed by atoms with Crippen molar-refractivity contribution < 1.29 is 14.7 Å². The third kappa shape index (κ3) is 6.25. The minimum atomic E-state index is -0.909. The van der Waals surface area contributed by atoms with E-state index in [9.17, 15) is 14.7 Å². The van der Waals surface area contributed by atoms with Gasteiger partial charge in [-0.1, -0.05) is 15.9 Å². The second kappa shape index (κ2) is 10.1. The molecule has 1 saturated heterocycles. The van der Waals surface area contributed by atoms with E-state index in [1.54, 1.807) is 12.1 Å². The first-order valence-corrected chi connectivity index (χ1v) is 9.71. The van der Waals surface area contributed by atoms with Gasteiger partial charge in [-0.3, -0.25) is 9.59 Å². The van der Waals surface area contributed by atoms with Gasteiger partial charge in [-0.15, -0.1) is 0 Å². The lowest BCUT2D eigenvalue weighted by Gasteiger charge is -2.18. The number of carbonyl (C=O) groups excluding carboxylic acids is 2. The summed E-state index contributed by atoms with van der Waals surface area (Å²) in [6.07, 6.45) is 0.113. The Labute approximate surface area is 163 Å². The van der Waals surface area contributed by atoms with Crippen LogP contribution in [0.3, 0.4) is 0 Å². The van der Waals surface area contributed by atoms with Crippen molar-refractivity contribution in [1.82, 2.24) is 21.3 Å². The summed E-state index contributed by atoms with van der Waals surface area (Å²) in [5.41, 5.74) is 0.525. The Morgan fingerprint density at radius 3 is 2.00 bits per heavy atom. The normalized spacial score (nSPS) is 18.5. The molecule has 2 amide bonds. The average molecular weight is 478 g/mol. The first kappa shape index (κ1) is 20.2. The number of amides is 2. The van der Waals surface area contributed by atoms with Gasteiger partial charge in [-0.05, 0) is 40.0 Å². The Morgan fingerprint density at radius 2 is 1.44 bits per heavy atom. The summed E-state index contributed by atoms with van der Waals surface area (Å²) in [4.78, 5) is 25.0. The Morgan fingerprint density at radius 1 is 0.920 bits per heavy atom. The van der Waals surface area contributed by atoms with Gasteiger partial charge in [-0.2, -0.15) is 0 Å². The Bertz CT molecular complexity index is 604. The molecule has 0 unspecified atom stereocenters. The molecule has 0 aliphatic carbocycles. The van der Waals surface area contributed by atoms with Crippen LogP contribution in [0.15, 0.2) is 21.1 Å². The van der Waals surface area contributed by atoms with Crippen molar-refractivity contribution in [2.75, 3.05) is 39.3 Å². The van der Waals surface area contributed by atoms with E-state index < -0.39 is 5.92 Å². The molecule has 138 valence electrons. The molecule has 0 atom stereocenters. The van der Waals surface area contributed by atoms with Gasteiger partial charge in [0.1, 0.15) is 11.7 Å². The molecule has 1 aromatic carbocycles. The van der Waals surface area contributed by atoms with Crippen LogP contribution in [0.2, 0.25) is 0 Å². The van der Waals surface area contributed by atoms with E-state index in [1.165, 1.54) is 0 Å². The lowest BCUT2D eigenvalue weighted by molar-refractivity contribution is -0.135. The topological polar surface area (TPSA) is 102 Å². The molecule has 7 nitrogen and oxygen atoms in total.